The Balaban J connectivity index is 1.40. The van der Waals surface area contributed by atoms with E-state index in [1.54, 1.807) is 0 Å². The molecule has 8 aromatic carbocycles. The minimum Gasteiger partial charge on any atom is -0.0991 e. The largest absolute Gasteiger partial charge is 0.0991 e. The summed E-state index contributed by atoms with van der Waals surface area (Å²) in [6.45, 7) is 16.9. The molecule has 0 aliphatic rings. The zero-order valence-electron chi connectivity index (χ0n) is 30.4. The summed E-state index contributed by atoms with van der Waals surface area (Å²) in [6.07, 6.45) is 8.12. The standard InChI is InChI=1S/C52H42/c1-7-17-33(4)38-24-28-46-48(31-38)35(6)42-20-13-14-21-43(42)51(46)40-26-27-41(34(5)30-40)52-45-23-16-15-22-44(45)50(36(8-2)9-3)49-32-39(25-29-47(49)52)37-18-11-10-12-19-37/h7-32H,1-2H2,3-6H3/b33-17+,36-9+. The summed E-state index contributed by atoms with van der Waals surface area (Å²) in [5.74, 6) is 0. The lowest BCUT2D eigenvalue weighted by Crippen LogP contribution is -1.95. The first-order chi connectivity index (χ1) is 25.4. The highest BCUT2D eigenvalue weighted by atomic mass is 14.2. The number of aryl methyl sites for hydroxylation is 2. The highest BCUT2D eigenvalue weighted by Gasteiger charge is 2.20. The lowest BCUT2D eigenvalue weighted by molar-refractivity contribution is 1.47. The van der Waals surface area contributed by atoms with E-state index in [0.29, 0.717) is 0 Å². The van der Waals surface area contributed by atoms with Crippen molar-refractivity contribution in [2.24, 2.45) is 0 Å². The van der Waals surface area contributed by atoms with Crippen molar-refractivity contribution in [3.8, 4) is 33.4 Å². The molecule has 0 radical (unpaired) electrons. The molecule has 0 heterocycles. The smallest absolute Gasteiger partial charge is 0.00237 e. The van der Waals surface area contributed by atoms with E-state index < -0.39 is 0 Å². The fourth-order valence-corrected chi connectivity index (χ4v) is 8.27. The van der Waals surface area contributed by atoms with Crippen LogP contribution in [0, 0.1) is 13.8 Å². The molecule has 0 fully saturated rings. The van der Waals surface area contributed by atoms with E-state index in [1.807, 2.05) is 12.2 Å². The molecule has 0 amide bonds. The van der Waals surface area contributed by atoms with Crippen LogP contribution < -0.4 is 0 Å². The predicted octanol–water partition coefficient (Wildman–Crippen LogP) is 15.1. The van der Waals surface area contributed by atoms with Crippen LogP contribution in [-0.4, -0.2) is 0 Å². The molecule has 0 saturated heterocycles. The minimum absolute atomic E-state index is 1.14. The lowest BCUT2D eigenvalue weighted by Gasteiger charge is -2.21. The first-order valence-corrected chi connectivity index (χ1v) is 18.1. The van der Waals surface area contributed by atoms with Gasteiger partial charge in [0.05, 0.1) is 0 Å². The molecule has 0 N–H and O–H groups in total. The summed E-state index contributed by atoms with van der Waals surface area (Å²) >= 11 is 0. The Hall–Kier alpha value is -6.24. The van der Waals surface area contributed by atoms with E-state index in [-0.39, 0.29) is 0 Å². The molecule has 0 saturated carbocycles. The van der Waals surface area contributed by atoms with Gasteiger partial charge in [0.15, 0.2) is 0 Å². The Morgan fingerprint density at radius 1 is 0.519 bits per heavy atom. The van der Waals surface area contributed by atoms with E-state index in [0.717, 1.165) is 5.57 Å². The van der Waals surface area contributed by atoms with Crippen LogP contribution in [0.4, 0.5) is 0 Å². The van der Waals surface area contributed by atoms with Gasteiger partial charge < -0.3 is 0 Å². The van der Waals surface area contributed by atoms with Crippen LogP contribution >= 0.6 is 0 Å². The average molecular weight is 667 g/mol. The fourth-order valence-electron chi connectivity index (χ4n) is 8.27. The molecule has 8 aromatic rings. The molecular weight excluding hydrogens is 625 g/mol. The normalized spacial score (nSPS) is 12.2. The maximum atomic E-state index is 4.23. The quantitative estimate of drug-likeness (QED) is 0.117. The van der Waals surface area contributed by atoms with Crippen LogP contribution in [-0.2, 0) is 0 Å². The van der Waals surface area contributed by atoms with Gasteiger partial charge in [-0.05, 0) is 150 Å². The zero-order valence-corrected chi connectivity index (χ0v) is 30.4. The Morgan fingerprint density at radius 2 is 1.13 bits per heavy atom. The van der Waals surface area contributed by atoms with Crippen LogP contribution in [0.25, 0.3) is 87.6 Å². The summed E-state index contributed by atoms with van der Waals surface area (Å²) in [6, 6.07) is 49.4. The van der Waals surface area contributed by atoms with E-state index in [1.165, 1.54) is 104 Å². The number of hydrogen-bond donors (Lipinski definition) is 0. The summed E-state index contributed by atoms with van der Waals surface area (Å²) in [5, 5.41) is 10.1. The highest BCUT2D eigenvalue weighted by molar-refractivity contribution is 6.21. The monoisotopic (exact) mass is 666 g/mol. The van der Waals surface area contributed by atoms with Gasteiger partial charge in [-0.2, -0.15) is 0 Å². The predicted molar refractivity (Wildman–Crippen MR) is 230 cm³/mol. The average Bonchev–Trinajstić information content (AvgIpc) is 3.18. The first kappa shape index (κ1) is 32.9. The number of hydrogen-bond acceptors (Lipinski definition) is 0. The summed E-state index contributed by atoms with van der Waals surface area (Å²) in [5.41, 5.74) is 14.8. The van der Waals surface area contributed by atoms with Gasteiger partial charge in [0.25, 0.3) is 0 Å². The van der Waals surface area contributed by atoms with E-state index in [9.17, 15) is 0 Å². The van der Waals surface area contributed by atoms with Gasteiger partial charge in [-0.1, -0.05) is 159 Å². The maximum absolute atomic E-state index is 4.23. The maximum Gasteiger partial charge on any atom is -0.00237 e. The molecule has 0 atom stereocenters. The van der Waals surface area contributed by atoms with Crippen LogP contribution in [0.3, 0.4) is 0 Å². The third-order valence-corrected chi connectivity index (χ3v) is 10.9. The van der Waals surface area contributed by atoms with Gasteiger partial charge in [-0.15, -0.1) is 0 Å². The molecule has 0 bridgehead atoms. The third kappa shape index (κ3) is 5.40. The topological polar surface area (TPSA) is 0 Å². The lowest BCUT2D eigenvalue weighted by atomic mass is 9.82. The Bertz CT molecular complexity index is 2790. The highest BCUT2D eigenvalue weighted by Crippen LogP contribution is 2.46. The summed E-state index contributed by atoms with van der Waals surface area (Å²) < 4.78 is 0. The van der Waals surface area contributed by atoms with Gasteiger partial charge >= 0.3 is 0 Å². The van der Waals surface area contributed by atoms with Crippen molar-refractivity contribution in [3.05, 3.63) is 193 Å². The van der Waals surface area contributed by atoms with Crippen molar-refractivity contribution in [2.45, 2.75) is 27.7 Å². The van der Waals surface area contributed by atoms with E-state index in [4.69, 9.17) is 0 Å². The van der Waals surface area contributed by atoms with Crippen LogP contribution in [0.1, 0.15) is 36.1 Å². The number of benzene rings is 8. The molecule has 0 unspecified atom stereocenters. The van der Waals surface area contributed by atoms with Gasteiger partial charge in [0, 0.05) is 0 Å². The Labute approximate surface area is 307 Å². The van der Waals surface area contributed by atoms with Crippen LogP contribution in [0.5, 0.6) is 0 Å². The molecule has 0 aliphatic heterocycles. The number of rotatable bonds is 7. The zero-order chi connectivity index (χ0) is 35.9. The molecule has 0 spiro atoms. The van der Waals surface area contributed by atoms with E-state index >= 15 is 0 Å². The van der Waals surface area contributed by atoms with Crippen LogP contribution in [0.2, 0.25) is 0 Å². The Morgan fingerprint density at radius 3 is 1.83 bits per heavy atom. The first-order valence-electron chi connectivity index (χ1n) is 18.1. The molecule has 0 nitrogen and oxygen atoms in total. The van der Waals surface area contributed by atoms with Crippen molar-refractivity contribution in [1.29, 1.82) is 0 Å². The second-order valence-corrected chi connectivity index (χ2v) is 13.8. The van der Waals surface area contributed by atoms with Crippen molar-refractivity contribution in [3.63, 3.8) is 0 Å². The number of allylic oxidation sites excluding steroid dienone is 6. The van der Waals surface area contributed by atoms with E-state index in [2.05, 4.69) is 186 Å². The minimum atomic E-state index is 1.14. The SMILES string of the molecule is C=C/C=C(\C)c1ccc2c(-c3ccc(-c4c5ccccc5c(/C(C=C)=C/C)c5cc(-c6ccccc6)ccc45)c(C)c3)c3ccccc3c(C)c2c1. The van der Waals surface area contributed by atoms with Gasteiger partial charge in [-0.25, -0.2) is 0 Å². The second kappa shape index (κ2) is 13.5. The van der Waals surface area contributed by atoms with Crippen molar-refractivity contribution in [1.82, 2.24) is 0 Å². The molecule has 8 rings (SSSR count). The number of fused-ring (bicyclic) bond motifs is 4. The molecule has 0 aromatic heterocycles. The van der Waals surface area contributed by atoms with Crippen LogP contribution in [0.15, 0.2) is 171 Å². The van der Waals surface area contributed by atoms with Gasteiger partial charge in [0.2, 0.25) is 0 Å². The Kier molecular flexibility index (Phi) is 8.53. The van der Waals surface area contributed by atoms with Crippen molar-refractivity contribution < 1.29 is 0 Å². The van der Waals surface area contributed by atoms with Crippen molar-refractivity contribution in [2.75, 3.05) is 0 Å². The second-order valence-electron chi connectivity index (χ2n) is 13.8. The molecule has 0 heteroatoms. The molecule has 52 heavy (non-hydrogen) atoms. The van der Waals surface area contributed by atoms with Gasteiger partial charge in [0.1, 0.15) is 0 Å². The fraction of sp³-hybridized carbons (Fsp3) is 0.0769. The van der Waals surface area contributed by atoms with Crippen molar-refractivity contribution >= 4 is 54.2 Å². The summed E-state index contributed by atoms with van der Waals surface area (Å²) in [4.78, 5) is 0. The molecule has 250 valence electrons. The van der Waals surface area contributed by atoms with Gasteiger partial charge in [-0.3, -0.25) is 0 Å². The summed E-state index contributed by atoms with van der Waals surface area (Å²) in [7, 11) is 0. The third-order valence-electron chi connectivity index (χ3n) is 10.9. The molecular formula is C52H42. The molecule has 0 aliphatic carbocycles.